The zero-order valence-electron chi connectivity index (χ0n) is 17.1. The largest absolute Gasteiger partial charge is 0.504 e. The van der Waals surface area contributed by atoms with Crippen molar-refractivity contribution in [3.63, 3.8) is 0 Å². The summed E-state index contributed by atoms with van der Waals surface area (Å²) in [6, 6.07) is 5.47. The van der Waals surface area contributed by atoms with Crippen LogP contribution in [-0.2, 0) is 7.05 Å². The van der Waals surface area contributed by atoms with Crippen LogP contribution in [0, 0.1) is 5.41 Å². The molecule has 2 heterocycles. The van der Waals surface area contributed by atoms with Crippen LogP contribution in [0.25, 0.3) is 22.6 Å². The van der Waals surface area contributed by atoms with Gasteiger partial charge in [0.15, 0.2) is 17.4 Å². The van der Waals surface area contributed by atoms with E-state index in [1.807, 2.05) is 71.5 Å². The molecule has 0 atom stereocenters. The van der Waals surface area contributed by atoms with E-state index in [2.05, 4.69) is 15.3 Å². The molecule has 0 saturated heterocycles. The van der Waals surface area contributed by atoms with Crippen molar-refractivity contribution in [3.05, 3.63) is 30.0 Å². The van der Waals surface area contributed by atoms with Crippen LogP contribution in [0.2, 0.25) is 0 Å². The molecule has 0 fully saturated rings. The van der Waals surface area contributed by atoms with Crippen molar-refractivity contribution in [1.29, 1.82) is 0 Å². The molecule has 0 saturated carbocycles. The first-order valence-electron chi connectivity index (χ1n) is 9.08. The van der Waals surface area contributed by atoms with E-state index in [4.69, 9.17) is 0 Å². The maximum atomic E-state index is 12.5. The Morgan fingerprint density at radius 3 is 2.44 bits per heavy atom. The van der Waals surface area contributed by atoms with E-state index in [1.54, 1.807) is 6.07 Å². The first-order valence-corrected chi connectivity index (χ1v) is 9.08. The van der Waals surface area contributed by atoms with E-state index in [0.717, 1.165) is 11.0 Å². The molecule has 0 unspecified atom stereocenters. The van der Waals surface area contributed by atoms with Gasteiger partial charge in [0.25, 0.3) is 0 Å². The Morgan fingerprint density at radius 1 is 1.19 bits per heavy atom. The maximum absolute atomic E-state index is 12.5. The fraction of sp³-hybridized carbons (Fsp3) is 0.429. The highest BCUT2D eigenvalue weighted by Gasteiger charge is 2.24. The predicted molar refractivity (Wildman–Crippen MR) is 109 cm³/mol. The molecule has 2 aromatic heterocycles. The van der Waals surface area contributed by atoms with E-state index >= 15 is 0 Å². The summed E-state index contributed by atoms with van der Waals surface area (Å²) in [6.07, 6.45) is 1.84. The minimum atomic E-state index is -0.444. The summed E-state index contributed by atoms with van der Waals surface area (Å²) in [4.78, 5) is 20.4. The van der Waals surface area contributed by atoms with Crippen LogP contribution in [-0.4, -0.2) is 31.0 Å². The monoisotopic (exact) mass is 368 g/mol. The zero-order valence-corrected chi connectivity index (χ0v) is 17.1. The predicted octanol–water partition coefficient (Wildman–Crippen LogP) is 4.71. The second-order valence-electron chi connectivity index (χ2n) is 9.12. The van der Waals surface area contributed by atoms with Gasteiger partial charge in [-0.05, 0) is 39.0 Å². The SMILES string of the molecule is Cn1cc(NC(C)(C)C)c(O)c1-c1nc2ccc(C(=O)C(C)(C)C)cc2[nH]1. The van der Waals surface area contributed by atoms with Gasteiger partial charge < -0.3 is 20.0 Å². The standard InChI is InChI=1S/C21H28N4O2/c1-20(2,3)18(27)12-8-9-13-14(10-12)23-19(22-13)16-17(26)15(11-25(16)7)24-21(4,5)6/h8-11,24,26H,1-7H3,(H,22,23). The number of aromatic amines is 1. The number of Topliss-reactive ketones (excluding diaryl/α,β-unsaturated/α-hetero) is 1. The number of hydrogen-bond acceptors (Lipinski definition) is 4. The lowest BCUT2D eigenvalue weighted by Crippen LogP contribution is -2.25. The lowest BCUT2D eigenvalue weighted by molar-refractivity contribution is 0.0858. The molecule has 6 nitrogen and oxygen atoms in total. The first kappa shape index (κ1) is 19.0. The number of nitrogens with zero attached hydrogens (tertiary/aromatic N) is 2. The molecule has 144 valence electrons. The molecule has 0 aliphatic rings. The summed E-state index contributed by atoms with van der Waals surface area (Å²) in [5.41, 5.74) is 2.81. The van der Waals surface area contributed by atoms with Gasteiger partial charge in [-0.1, -0.05) is 20.8 Å². The Hall–Kier alpha value is -2.76. The number of rotatable bonds is 3. The van der Waals surface area contributed by atoms with Crippen molar-refractivity contribution in [2.24, 2.45) is 12.5 Å². The van der Waals surface area contributed by atoms with Gasteiger partial charge in [0.05, 0.1) is 16.7 Å². The Balaban J connectivity index is 2.05. The van der Waals surface area contributed by atoms with Gasteiger partial charge in [-0.2, -0.15) is 0 Å². The van der Waals surface area contributed by atoms with Gasteiger partial charge >= 0.3 is 0 Å². The third kappa shape index (κ3) is 3.70. The molecule has 1 aromatic carbocycles. The topological polar surface area (TPSA) is 82.9 Å². The van der Waals surface area contributed by atoms with Gasteiger partial charge in [0.2, 0.25) is 0 Å². The molecule has 0 radical (unpaired) electrons. The van der Waals surface area contributed by atoms with Gasteiger partial charge in [0.1, 0.15) is 5.69 Å². The normalized spacial score (nSPS) is 12.6. The van der Waals surface area contributed by atoms with Crippen molar-refractivity contribution in [2.45, 2.75) is 47.1 Å². The van der Waals surface area contributed by atoms with Crippen LogP contribution in [0.15, 0.2) is 24.4 Å². The number of carbonyl (C=O) groups excluding carboxylic acids is 1. The highest BCUT2D eigenvalue weighted by atomic mass is 16.3. The van der Waals surface area contributed by atoms with E-state index < -0.39 is 5.41 Å². The summed E-state index contributed by atoms with van der Waals surface area (Å²) in [5, 5.41) is 14.0. The molecule has 0 bridgehead atoms. The van der Waals surface area contributed by atoms with Gasteiger partial charge in [-0.15, -0.1) is 0 Å². The van der Waals surface area contributed by atoms with Gasteiger partial charge in [0, 0.05) is 29.8 Å². The van der Waals surface area contributed by atoms with Crippen molar-refractivity contribution >= 4 is 22.5 Å². The van der Waals surface area contributed by atoms with Crippen molar-refractivity contribution < 1.29 is 9.90 Å². The third-order valence-corrected chi connectivity index (χ3v) is 4.31. The number of ketones is 1. The number of benzene rings is 1. The number of nitrogens with one attached hydrogen (secondary N) is 2. The lowest BCUT2D eigenvalue weighted by Gasteiger charge is -2.21. The number of imidazole rings is 1. The lowest BCUT2D eigenvalue weighted by atomic mass is 9.86. The van der Waals surface area contributed by atoms with Crippen LogP contribution < -0.4 is 5.32 Å². The zero-order chi connectivity index (χ0) is 20.1. The average Bonchev–Trinajstić information content (AvgIpc) is 3.04. The van der Waals surface area contributed by atoms with E-state index in [9.17, 15) is 9.90 Å². The molecule has 3 N–H and O–H groups in total. The number of aromatic hydroxyl groups is 1. The quantitative estimate of drug-likeness (QED) is 0.585. The number of aryl methyl sites for hydroxylation is 1. The Bertz CT molecular complexity index is 1010. The van der Waals surface area contributed by atoms with E-state index in [-0.39, 0.29) is 17.1 Å². The Labute approximate surface area is 159 Å². The number of fused-ring (bicyclic) bond motifs is 1. The summed E-state index contributed by atoms with van der Waals surface area (Å²) in [5.74, 6) is 0.795. The molecule has 3 aromatic rings. The molecule has 27 heavy (non-hydrogen) atoms. The maximum Gasteiger partial charge on any atom is 0.168 e. The van der Waals surface area contributed by atoms with Crippen LogP contribution in [0.4, 0.5) is 5.69 Å². The van der Waals surface area contributed by atoms with Crippen molar-refractivity contribution in [3.8, 4) is 17.3 Å². The highest BCUT2D eigenvalue weighted by Crippen LogP contribution is 2.38. The average molecular weight is 368 g/mol. The summed E-state index contributed by atoms with van der Waals surface area (Å²) in [7, 11) is 1.87. The van der Waals surface area contributed by atoms with Crippen LogP contribution in [0.5, 0.6) is 5.75 Å². The van der Waals surface area contributed by atoms with E-state index in [1.165, 1.54) is 0 Å². The van der Waals surface area contributed by atoms with Gasteiger partial charge in [-0.25, -0.2) is 4.98 Å². The molecule has 0 aliphatic carbocycles. The molecule has 6 heteroatoms. The number of carbonyl (C=O) groups is 1. The number of anilines is 1. The van der Waals surface area contributed by atoms with Crippen LogP contribution in [0.1, 0.15) is 51.9 Å². The minimum Gasteiger partial charge on any atom is -0.504 e. The molecule has 0 spiro atoms. The smallest absolute Gasteiger partial charge is 0.168 e. The minimum absolute atomic E-state index is 0.0823. The first-order chi connectivity index (χ1) is 12.4. The summed E-state index contributed by atoms with van der Waals surface area (Å²) >= 11 is 0. The second kappa shape index (κ2) is 6.15. The molecular formula is C21H28N4O2. The van der Waals surface area contributed by atoms with E-state index in [0.29, 0.717) is 22.8 Å². The van der Waals surface area contributed by atoms with Crippen molar-refractivity contribution in [2.75, 3.05) is 5.32 Å². The Morgan fingerprint density at radius 2 is 1.85 bits per heavy atom. The van der Waals surface area contributed by atoms with Crippen molar-refractivity contribution in [1.82, 2.24) is 14.5 Å². The number of aromatic nitrogens is 3. The van der Waals surface area contributed by atoms with Crippen LogP contribution >= 0.6 is 0 Å². The Kier molecular flexibility index (Phi) is 4.33. The number of H-pyrrole nitrogens is 1. The van der Waals surface area contributed by atoms with Gasteiger partial charge in [-0.3, -0.25) is 4.79 Å². The van der Waals surface area contributed by atoms with Crippen LogP contribution in [0.3, 0.4) is 0 Å². The fourth-order valence-electron chi connectivity index (χ4n) is 3.08. The summed E-state index contributed by atoms with van der Waals surface area (Å²) in [6.45, 7) is 11.8. The molecule has 3 rings (SSSR count). The fourth-order valence-corrected chi connectivity index (χ4v) is 3.08. The summed E-state index contributed by atoms with van der Waals surface area (Å²) < 4.78 is 1.84. The molecular weight excluding hydrogens is 340 g/mol. The highest BCUT2D eigenvalue weighted by molar-refractivity contribution is 6.02. The second-order valence-corrected chi connectivity index (χ2v) is 9.12. The third-order valence-electron chi connectivity index (χ3n) is 4.31. The molecule has 0 aliphatic heterocycles. The number of hydrogen-bond donors (Lipinski definition) is 3. The molecule has 0 amide bonds.